The Kier molecular flexibility index (Phi) is 7.17. The first-order valence-corrected chi connectivity index (χ1v) is 12.1. The Morgan fingerprint density at radius 3 is 2.74 bits per heavy atom. The molecule has 4 rings (SSSR count). The molecule has 3 heterocycles. The highest BCUT2D eigenvalue weighted by molar-refractivity contribution is 8.16. The molecule has 1 N–H and O–H groups in total. The zero-order valence-electron chi connectivity index (χ0n) is 19.8. The summed E-state index contributed by atoms with van der Waals surface area (Å²) >= 11 is 1.48. The zero-order chi connectivity index (χ0) is 24.2. The quantitative estimate of drug-likeness (QED) is 0.591. The first kappa shape index (κ1) is 23.8. The number of aromatic nitrogens is 1. The van der Waals surface area contributed by atoms with E-state index in [0.717, 1.165) is 33.2 Å². The summed E-state index contributed by atoms with van der Waals surface area (Å²) in [6.07, 6.45) is 2.47. The van der Waals surface area contributed by atoms with Crippen LogP contribution in [-0.4, -0.2) is 34.0 Å². The molecule has 0 fully saturated rings. The zero-order valence-corrected chi connectivity index (χ0v) is 20.6. The summed E-state index contributed by atoms with van der Waals surface area (Å²) in [7, 11) is 1.39. The second-order valence-electron chi connectivity index (χ2n) is 8.23. The molecule has 2 aromatic rings. The molecule has 176 valence electrons. The van der Waals surface area contributed by atoms with Gasteiger partial charge in [0.15, 0.2) is 5.17 Å². The first-order valence-electron chi connectivity index (χ1n) is 11.2. The highest BCUT2D eigenvalue weighted by Crippen LogP contribution is 2.46. The van der Waals surface area contributed by atoms with Crippen LogP contribution < -0.4 is 5.32 Å². The van der Waals surface area contributed by atoms with Gasteiger partial charge in [0.05, 0.1) is 43.1 Å². The molecule has 2 aliphatic heterocycles. The minimum Gasteiger partial charge on any atom is -0.466 e. The number of benzene rings is 1. The smallest absolute Gasteiger partial charge is 0.338 e. The number of nitrogens with one attached hydrogen (secondary N) is 1. The number of fused-ring (bicyclic) bond motifs is 1. The number of ether oxygens (including phenoxy) is 1. The van der Waals surface area contributed by atoms with E-state index in [1.54, 1.807) is 6.20 Å². The van der Waals surface area contributed by atoms with Crippen molar-refractivity contribution in [1.82, 2.24) is 15.2 Å². The molecular formula is C26H28N4O3S. The molecule has 7 nitrogen and oxygen atoms in total. The monoisotopic (exact) mass is 476 g/mol. The van der Waals surface area contributed by atoms with E-state index < -0.39 is 12.0 Å². The molecule has 1 amide bonds. The maximum atomic E-state index is 13.0. The third kappa shape index (κ3) is 4.77. The molecule has 0 saturated carbocycles. The minimum absolute atomic E-state index is 0.122. The summed E-state index contributed by atoms with van der Waals surface area (Å²) in [6, 6.07) is 11.4. The van der Waals surface area contributed by atoms with Crippen LogP contribution in [-0.2, 0) is 20.9 Å². The fourth-order valence-electron chi connectivity index (χ4n) is 4.18. The van der Waals surface area contributed by atoms with Crippen molar-refractivity contribution in [3.63, 3.8) is 0 Å². The standard InChI is InChI=1S/C26H28N4O3S/c1-5-21-23(25(32)33-4)24(20-12-16(2)9-10-17(20)3)30-19(15-34-26(30)29-21)13-22(31)28-14-18-8-6-7-11-27-18/h6-12,15,24H,5,13-14H2,1-4H3,(H,28,31). The number of amides is 1. The summed E-state index contributed by atoms with van der Waals surface area (Å²) in [5.41, 5.74) is 5.98. The summed E-state index contributed by atoms with van der Waals surface area (Å²) in [6.45, 7) is 6.41. The van der Waals surface area contributed by atoms with Crippen LogP contribution in [0.5, 0.6) is 0 Å². The Morgan fingerprint density at radius 1 is 1.21 bits per heavy atom. The predicted octanol–water partition coefficient (Wildman–Crippen LogP) is 4.54. The van der Waals surface area contributed by atoms with Crippen molar-refractivity contribution in [3.05, 3.63) is 87.4 Å². The fraction of sp³-hybridized carbons (Fsp3) is 0.308. The summed E-state index contributed by atoms with van der Waals surface area (Å²) in [5, 5.41) is 5.66. The largest absolute Gasteiger partial charge is 0.466 e. The van der Waals surface area contributed by atoms with Crippen LogP contribution in [0.3, 0.4) is 0 Å². The molecule has 1 aromatic carbocycles. The van der Waals surface area contributed by atoms with Crippen molar-refractivity contribution in [1.29, 1.82) is 0 Å². The average molecular weight is 477 g/mol. The van der Waals surface area contributed by atoms with E-state index in [4.69, 9.17) is 9.73 Å². The van der Waals surface area contributed by atoms with Gasteiger partial charge in [-0.25, -0.2) is 9.79 Å². The van der Waals surface area contributed by atoms with E-state index in [-0.39, 0.29) is 12.3 Å². The number of nitrogens with zero attached hydrogens (tertiary/aromatic N) is 3. The van der Waals surface area contributed by atoms with Gasteiger partial charge < -0.3 is 15.0 Å². The number of esters is 1. The lowest BCUT2D eigenvalue weighted by Gasteiger charge is -2.37. The van der Waals surface area contributed by atoms with E-state index in [2.05, 4.69) is 28.5 Å². The second-order valence-corrected chi connectivity index (χ2v) is 9.07. The van der Waals surface area contributed by atoms with E-state index in [1.807, 2.05) is 49.3 Å². The van der Waals surface area contributed by atoms with Gasteiger partial charge in [-0.05, 0) is 48.9 Å². The molecule has 1 aromatic heterocycles. The van der Waals surface area contributed by atoms with Crippen LogP contribution in [0.1, 0.15) is 48.2 Å². The molecule has 34 heavy (non-hydrogen) atoms. The Bertz CT molecular complexity index is 1200. The fourth-order valence-corrected chi connectivity index (χ4v) is 5.12. The number of carbonyl (C=O) groups excluding carboxylic acids is 2. The van der Waals surface area contributed by atoms with Gasteiger partial charge in [0.25, 0.3) is 0 Å². The van der Waals surface area contributed by atoms with E-state index in [1.165, 1.54) is 18.9 Å². The number of thioether (sulfide) groups is 1. The van der Waals surface area contributed by atoms with Gasteiger partial charge in [0, 0.05) is 11.9 Å². The van der Waals surface area contributed by atoms with Crippen molar-refractivity contribution >= 4 is 28.8 Å². The molecule has 0 aliphatic carbocycles. The number of methoxy groups -OCH3 is 1. The molecule has 2 aliphatic rings. The molecule has 8 heteroatoms. The van der Waals surface area contributed by atoms with E-state index in [9.17, 15) is 9.59 Å². The Morgan fingerprint density at radius 2 is 2.03 bits per heavy atom. The van der Waals surface area contributed by atoms with E-state index >= 15 is 0 Å². The lowest BCUT2D eigenvalue weighted by molar-refractivity contribution is -0.136. The van der Waals surface area contributed by atoms with Crippen molar-refractivity contribution < 1.29 is 14.3 Å². The Hall–Kier alpha value is -3.39. The maximum Gasteiger partial charge on any atom is 0.338 e. The molecular weight excluding hydrogens is 448 g/mol. The lowest BCUT2D eigenvalue weighted by Crippen LogP contribution is -2.38. The Labute approximate surface area is 204 Å². The topological polar surface area (TPSA) is 83.9 Å². The number of pyridine rings is 1. The number of carbonyl (C=O) groups is 2. The lowest BCUT2D eigenvalue weighted by atomic mass is 9.89. The number of amidine groups is 1. The molecule has 0 radical (unpaired) electrons. The molecule has 0 spiro atoms. The van der Waals surface area contributed by atoms with Crippen molar-refractivity contribution in [2.24, 2.45) is 4.99 Å². The van der Waals surface area contributed by atoms with Gasteiger partial charge in [-0.2, -0.15) is 0 Å². The van der Waals surface area contributed by atoms with Crippen molar-refractivity contribution in [2.45, 2.75) is 46.2 Å². The van der Waals surface area contributed by atoms with Gasteiger partial charge in [-0.3, -0.25) is 9.78 Å². The number of aliphatic imine (C=N–C) groups is 1. The number of allylic oxidation sites excluding steroid dienone is 1. The van der Waals surface area contributed by atoms with Gasteiger partial charge >= 0.3 is 5.97 Å². The summed E-state index contributed by atoms with van der Waals surface area (Å²) in [4.78, 5) is 36.9. The third-order valence-electron chi connectivity index (χ3n) is 5.89. The van der Waals surface area contributed by atoms with Gasteiger partial charge in [-0.15, -0.1) is 0 Å². The van der Waals surface area contributed by atoms with Crippen molar-refractivity contribution in [3.8, 4) is 0 Å². The average Bonchev–Trinajstić information content (AvgIpc) is 3.25. The highest BCUT2D eigenvalue weighted by Gasteiger charge is 2.42. The molecule has 0 bridgehead atoms. The van der Waals surface area contributed by atoms with E-state index in [0.29, 0.717) is 24.2 Å². The van der Waals surface area contributed by atoms with Crippen molar-refractivity contribution in [2.75, 3.05) is 7.11 Å². The third-order valence-corrected chi connectivity index (χ3v) is 6.78. The van der Waals surface area contributed by atoms with Crippen LogP contribution in [0.4, 0.5) is 0 Å². The number of hydrogen-bond donors (Lipinski definition) is 1. The Balaban J connectivity index is 1.67. The number of rotatable bonds is 7. The number of hydrogen-bond acceptors (Lipinski definition) is 7. The van der Waals surface area contributed by atoms with Gasteiger partial charge in [0.2, 0.25) is 5.91 Å². The highest BCUT2D eigenvalue weighted by atomic mass is 32.2. The second kappa shape index (κ2) is 10.3. The van der Waals surface area contributed by atoms with Gasteiger partial charge in [-0.1, -0.05) is 48.5 Å². The predicted molar refractivity (Wildman–Crippen MR) is 134 cm³/mol. The summed E-state index contributed by atoms with van der Waals surface area (Å²) in [5.74, 6) is -0.523. The SMILES string of the molecule is CCC1=C(C(=O)OC)C(c2cc(C)ccc2C)N2C(CC(=O)NCc3ccccn3)=CSC2=N1. The molecule has 1 atom stereocenters. The summed E-state index contributed by atoms with van der Waals surface area (Å²) < 4.78 is 5.19. The number of aryl methyl sites for hydroxylation is 2. The minimum atomic E-state index is -0.417. The first-order chi connectivity index (χ1) is 16.4. The maximum absolute atomic E-state index is 13.0. The van der Waals surface area contributed by atoms with Crippen LogP contribution >= 0.6 is 11.8 Å². The van der Waals surface area contributed by atoms with Crippen LogP contribution in [0.25, 0.3) is 0 Å². The normalized spacial score (nSPS) is 17.2. The van der Waals surface area contributed by atoms with Crippen LogP contribution in [0.2, 0.25) is 0 Å². The van der Waals surface area contributed by atoms with Gasteiger partial charge in [0.1, 0.15) is 0 Å². The molecule has 0 saturated heterocycles. The van der Waals surface area contributed by atoms with Crippen LogP contribution in [0.15, 0.2) is 70.0 Å². The molecule has 1 unspecified atom stereocenters. The van der Waals surface area contributed by atoms with Crippen LogP contribution in [0, 0.1) is 13.8 Å².